The molecule has 0 aliphatic rings. The van der Waals surface area contributed by atoms with E-state index in [2.05, 4.69) is 58.7 Å². The molecule has 1 aromatic heterocycles. The van der Waals surface area contributed by atoms with E-state index in [9.17, 15) is 0 Å². The molecule has 4 nitrogen and oxygen atoms in total. The van der Waals surface area contributed by atoms with Gasteiger partial charge in [0.1, 0.15) is 5.82 Å². The normalized spacial score (nSPS) is 12.0. The van der Waals surface area contributed by atoms with E-state index in [1.807, 2.05) is 19.1 Å². The maximum atomic E-state index is 4.50. The standard InChI is InChI=1S/C17H24N4/c1-4-10-18-17-20-14(3)11-16(21-17)19-12-13(2)15-8-6-5-7-9-15/h5-9,11,13H,4,10,12H2,1-3H3,(H2,18,19,20,21). The van der Waals surface area contributed by atoms with Crippen molar-refractivity contribution in [1.82, 2.24) is 9.97 Å². The highest BCUT2D eigenvalue weighted by molar-refractivity contribution is 5.42. The van der Waals surface area contributed by atoms with Gasteiger partial charge in [0.25, 0.3) is 0 Å². The van der Waals surface area contributed by atoms with E-state index in [1.54, 1.807) is 0 Å². The highest BCUT2D eigenvalue weighted by Crippen LogP contribution is 2.16. The Morgan fingerprint density at radius 2 is 1.86 bits per heavy atom. The maximum Gasteiger partial charge on any atom is 0.224 e. The molecule has 0 saturated carbocycles. The molecular weight excluding hydrogens is 260 g/mol. The largest absolute Gasteiger partial charge is 0.369 e. The van der Waals surface area contributed by atoms with Crippen molar-refractivity contribution in [3.63, 3.8) is 0 Å². The van der Waals surface area contributed by atoms with Crippen molar-refractivity contribution in [3.05, 3.63) is 47.7 Å². The molecule has 21 heavy (non-hydrogen) atoms. The fourth-order valence-corrected chi connectivity index (χ4v) is 2.13. The van der Waals surface area contributed by atoms with E-state index in [0.29, 0.717) is 11.9 Å². The molecule has 1 unspecified atom stereocenters. The third kappa shape index (κ3) is 4.74. The zero-order valence-corrected chi connectivity index (χ0v) is 13.1. The molecule has 4 heteroatoms. The van der Waals surface area contributed by atoms with Crippen LogP contribution in [0, 0.1) is 6.92 Å². The van der Waals surface area contributed by atoms with Gasteiger partial charge in [-0.1, -0.05) is 44.2 Å². The Morgan fingerprint density at radius 3 is 2.57 bits per heavy atom. The van der Waals surface area contributed by atoms with Crippen molar-refractivity contribution in [1.29, 1.82) is 0 Å². The zero-order valence-electron chi connectivity index (χ0n) is 13.1. The summed E-state index contributed by atoms with van der Waals surface area (Å²) in [6, 6.07) is 12.5. The molecule has 0 bridgehead atoms. The molecule has 0 fully saturated rings. The molecule has 0 amide bonds. The van der Waals surface area contributed by atoms with Gasteiger partial charge in [-0.05, 0) is 24.8 Å². The molecule has 2 N–H and O–H groups in total. The monoisotopic (exact) mass is 284 g/mol. The number of nitrogens with zero attached hydrogens (tertiary/aromatic N) is 2. The van der Waals surface area contributed by atoms with Gasteiger partial charge in [-0.3, -0.25) is 0 Å². The Balaban J connectivity index is 1.97. The molecule has 1 atom stereocenters. The lowest BCUT2D eigenvalue weighted by atomic mass is 10.0. The lowest BCUT2D eigenvalue weighted by Crippen LogP contribution is -2.13. The van der Waals surface area contributed by atoms with Gasteiger partial charge in [0, 0.05) is 24.8 Å². The van der Waals surface area contributed by atoms with E-state index in [-0.39, 0.29) is 0 Å². The summed E-state index contributed by atoms with van der Waals surface area (Å²) in [5.41, 5.74) is 2.30. The number of benzene rings is 1. The molecule has 2 rings (SSSR count). The van der Waals surface area contributed by atoms with Crippen LogP contribution in [0.15, 0.2) is 36.4 Å². The van der Waals surface area contributed by atoms with Gasteiger partial charge in [-0.2, -0.15) is 4.98 Å². The van der Waals surface area contributed by atoms with Crippen LogP contribution in [-0.2, 0) is 0 Å². The summed E-state index contributed by atoms with van der Waals surface area (Å²) in [6.45, 7) is 8.08. The summed E-state index contributed by atoms with van der Waals surface area (Å²) < 4.78 is 0. The summed E-state index contributed by atoms with van der Waals surface area (Å²) in [4.78, 5) is 8.90. The number of hydrogen-bond donors (Lipinski definition) is 2. The molecule has 1 heterocycles. The van der Waals surface area contributed by atoms with Gasteiger partial charge >= 0.3 is 0 Å². The maximum absolute atomic E-state index is 4.50. The van der Waals surface area contributed by atoms with Crippen LogP contribution in [0.25, 0.3) is 0 Å². The first kappa shape index (κ1) is 15.3. The van der Waals surface area contributed by atoms with Crippen LogP contribution in [0.5, 0.6) is 0 Å². The highest BCUT2D eigenvalue weighted by Gasteiger charge is 2.06. The van der Waals surface area contributed by atoms with Crippen LogP contribution < -0.4 is 10.6 Å². The molecule has 0 saturated heterocycles. The number of rotatable bonds is 7. The van der Waals surface area contributed by atoms with E-state index in [0.717, 1.165) is 31.0 Å². The smallest absolute Gasteiger partial charge is 0.224 e. The number of aromatic nitrogens is 2. The second-order valence-electron chi connectivity index (χ2n) is 5.34. The third-order valence-electron chi connectivity index (χ3n) is 3.35. The van der Waals surface area contributed by atoms with Crippen molar-refractivity contribution >= 4 is 11.8 Å². The molecule has 2 aromatic rings. The van der Waals surface area contributed by atoms with E-state index in [1.165, 1.54) is 5.56 Å². The fraction of sp³-hybridized carbons (Fsp3) is 0.412. The molecule has 112 valence electrons. The van der Waals surface area contributed by atoms with Crippen molar-refractivity contribution in [3.8, 4) is 0 Å². The zero-order chi connectivity index (χ0) is 15.1. The first-order chi connectivity index (χ1) is 10.2. The van der Waals surface area contributed by atoms with Crippen LogP contribution in [0.4, 0.5) is 11.8 Å². The lowest BCUT2D eigenvalue weighted by Gasteiger charge is -2.14. The average Bonchev–Trinajstić information content (AvgIpc) is 2.51. The SMILES string of the molecule is CCCNc1nc(C)cc(NCC(C)c2ccccc2)n1. The van der Waals surface area contributed by atoms with Gasteiger partial charge in [0.2, 0.25) is 5.95 Å². The van der Waals surface area contributed by atoms with Crippen LogP contribution in [-0.4, -0.2) is 23.1 Å². The highest BCUT2D eigenvalue weighted by atomic mass is 15.1. The Hall–Kier alpha value is -2.10. The minimum atomic E-state index is 0.438. The van der Waals surface area contributed by atoms with Gasteiger partial charge in [0.05, 0.1) is 0 Å². The van der Waals surface area contributed by atoms with Crippen LogP contribution in [0.2, 0.25) is 0 Å². The molecule has 0 radical (unpaired) electrons. The summed E-state index contributed by atoms with van der Waals surface area (Å²) >= 11 is 0. The number of anilines is 2. The Kier molecular flexibility index (Phi) is 5.55. The van der Waals surface area contributed by atoms with Crippen molar-refractivity contribution in [2.24, 2.45) is 0 Å². The Labute approximate surface area is 127 Å². The lowest BCUT2D eigenvalue weighted by molar-refractivity contribution is 0.800. The van der Waals surface area contributed by atoms with E-state index in [4.69, 9.17) is 0 Å². The summed E-state index contributed by atoms with van der Waals surface area (Å²) in [5.74, 6) is 2.02. The predicted octanol–water partition coefficient (Wildman–Crippen LogP) is 3.82. The minimum Gasteiger partial charge on any atom is -0.369 e. The van der Waals surface area contributed by atoms with Gasteiger partial charge in [0.15, 0.2) is 0 Å². The first-order valence-electron chi connectivity index (χ1n) is 7.57. The van der Waals surface area contributed by atoms with Crippen LogP contribution in [0.3, 0.4) is 0 Å². The molecule has 0 aliphatic carbocycles. The Bertz CT molecular complexity index is 554. The van der Waals surface area contributed by atoms with E-state index < -0.39 is 0 Å². The topological polar surface area (TPSA) is 49.8 Å². The van der Waals surface area contributed by atoms with Gasteiger partial charge in [-0.25, -0.2) is 4.98 Å². The first-order valence-corrected chi connectivity index (χ1v) is 7.57. The second-order valence-corrected chi connectivity index (χ2v) is 5.34. The van der Waals surface area contributed by atoms with Crippen molar-refractivity contribution < 1.29 is 0 Å². The fourth-order valence-electron chi connectivity index (χ4n) is 2.13. The van der Waals surface area contributed by atoms with E-state index >= 15 is 0 Å². The minimum absolute atomic E-state index is 0.438. The third-order valence-corrected chi connectivity index (χ3v) is 3.35. The number of nitrogens with one attached hydrogen (secondary N) is 2. The summed E-state index contributed by atoms with van der Waals surface area (Å²) in [5, 5.41) is 6.64. The van der Waals surface area contributed by atoms with Crippen LogP contribution in [0.1, 0.15) is 37.4 Å². The van der Waals surface area contributed by atoms with Crippen LogP contribution >= 0.6 is 0 Å². The number of hydrogen-bond acceptors (Lipinski definition) is 4. The molecule has 0 aliphatic heterocycles. The summed E-state index contributed by atoms with van der Waals surface area (Å²) in [6.07, 6.45) is 1.06. The molecular formula is C17H24N4. The Morgan fingerprint density at radius 1 is 1.10 bits per heavy atom. The molecule has 0 spiro atoms. The second kappa shape index (κ2) is 7.62. The van der Waals surface area contributed by atoms with Crippen molar-refractivity contribution in [2.45, 2.75) is 33.1 Å². The average molecular weight is 284 g/mol. The number of aryl methyl sites for hydroxylation is 1. The van der Waals surface area contributed by atoms with Crippen molar-refractivity contribution in [2.75, 3.05) is 23.7 Å². The quantitative estimate of drug-likeness (QED) is 0.811. The summed E-state index contributed by atoms with van der Waals surface area (Å²) in [7, 11) is 0. The van der Waals surface area contributed by atoms with Gasteiger partial charge < -0.3 is 10.6 Å². The van der Waals surface area contributed by atoms with Gasteiger partial charge in [-0.15, -0.1) is 0 Å². The molecule has 1 aromatic carbocycles. The predicted molar refractivity (Wildman–Crippen MR) is 88.9 cm³/mol.